The molecule has 0 bridgehead atoms. The van der Waals surface area contributed by atoms with Gasteiger partial charge in [-0.25, -0.2) is 17.1 Å². The van der Waals surface area contributed by atoms with Crippen molar-refractivity contribution in [3.8, 4) is 0 Å². The molecule has 2 atom stereocenters. The van der Waals surface area contributed by atoms with Crippen molar-refractivity contribution < 1.29 is 13.2 Å². The first-order valence-electron chi connectivity index (χ1n) is 12.1. The van der Waals surface area contributed by atoms with Gasteiger partial charge in [0.05, 0.1) is 16.5 Å². The number of rotatable bonds is 9. The second-order valence-corrected chi connectivity index (χ2v) is 11.1. The van der Waals surface area contributed by atoms with Crippen LogP contribution < -0.4 is 16.0 Å². The number of nitrogens with zero attached hydrogens (tertiary/aromatic N) is 6. The van der Waals surface area contributed by atoms with Gasteiger partial charge in [0.2, 0.25) is 11.9 Å². The molecule has 12 nitrogen and oxygen atoms in total. The van der Waals surface area contributed by atoms with E-state index in [4.69, 9.17) is 0 Å². The number of likely N-dealkylation sites (N-methyl/N-ethyl adjacent to an activating group) is 1. The highest BCUT2D eigenvalue weighted by molar-refractivity contribution is 7.90. The van der Waals surface area contributed by atoms with Crippen LogP contribution in [0.5, 0.6) is 0 Å². The average molecular weight is 558 g/mol. The predicted octanol–water partition coefficient (Wildman–Crippen LogP) is 2.94. The first kappa shape index (κ1) is 27.4. The Balaban J connectivity index is 0.00000336. The SMILES string of the molecule is CNC(=O)C(C)n1cc(Nc2nc(N[C@@H](C)C3CC3)c3ccn(S(=O)(=O)c4ccc(C)cc4)c3n2)nn1.S. The van der Waals surface area contributed by atoms with Crippen molar-refractivity contribution in [3.05, 3.63) is 48.3 Å². The fraction of sp³-hybridized carbons (Fsp3) is 0.375. The van der Waals surface area contributed by atoms with Crippen LogP contribution in [0.25, 0.3) is 11.0 Å². The van der Waals surface area contributed by atoms with Crippen LogP contribution in [0.1, 0.15) is 38.3 Å². The lowest BCUT2D eigenvalue weighted by molar-refractivity contribution is -0.123. The second kappa shape index (κ2) is 10.6. The Labute approximate surface area is 227 Å². The smallest absolute Gasteiger partial charge is 0.269 e. The summed E-state index contributed by atoms with van der Waals surface area (Å²) in [6.07, 6.45) is 5.34. The highest BCUT2D eigenvalue weighted by atomic mass is 32.2. The van der Waals surface area contributed by atoms with Crippen LogP contribution in [0.4, 0.5) is 17.6 Å². The zero-order valence-corrected chi connectivity index (χ0v) is 23.3. The molecule has 0 saturated heterocycles. The molecule has 202 valence electrons. The monoisotopic (exact) mass is 557 g/mol. The number of aromatic nitrogens is 6. The van der Waals surface area contributed by atoms with Crippen LogP contribution in [0.15, 0.2) is 47.6 Å². The van der Waals surface area contributed by atoms with Gasteiger partial charge in [-0.2, -0.15) is 23.5 Å². The van der Waals surface area contributed by atoms with Crippen LogP contribution in [-0.4, -0.2) is 56.3 Å². The first-order valence-corrected chi connectivity index (χ1v) is 13.5. The van der Waals surface area contributed by atoms with Crippen LogP contribution in [0.3, 0.4) is 0 Å². The number of amides is 1. The topological polar surface area (TPSA) is 149 Å². The number of carbonyl (C=O) groups excluding carboxylic acids is 1. The van der Waals surface area contributed by atoms with E-state index in [1.807, 2.05) is 6.92 Å². The molecule has 38 heavy (non-hydrogen) atoms. The summed E-state index contributed by atoms with van der Waals surface area (Å²) in [7, 11) is -2.35. The molecule has 1 amide bonds. The van der Waals surface area contributed by atoms with E-state index in [0.29, 0.717) is 22.9 Å². The minimum Gasteiger partial charge on any atom is -0.367 e. The Hall–Kier alpha value is -3.65. The lowest BCUT2D eigenvalue weighted by Crippen LogP contribution is -2.28. The van der Waals surface area contributed by atoms with Gasteiger partial charge in [-0.3, -0.25) is 4.79 Å². The van der Waals surface area contributed by atoms with E-state index in [1.165, 1.54) is 10.9 Å². The molecule has 14 heteroatoms. The molecule has 0 aliphatic heterocycles. The van der Waals surface area contributed by atoms with Crippen LogP contribution in [0.2, 0.25) is 0 Å². The summed E-state index contributed by atoms with van der Waals surface area (Å²) in [5.41, 5.74) is 1.19. The minimum atomic E-state index is -3.90. The Bertz CT molecular complexity index is 1560. The van der Waals surface area contributed by atoms with Gasteiger partial charge in [-0.1, -0.05) is 22.9 Å². The Kier molecular flexibility index (Phi) is 7.65. The number of aryl methyl sites for hydroxylation is 1. The normalized spacial score (nSPS) is 14.9. The molecule has 3 aromatic heterocycles. The third kappa shape index (κ3) is 5.31. The average Bonchev–Trinajstić information content (AvgIpc) is 3.48. The van der Waals surface area contributed by atoms with Crippen molar-refractivity contribution >= 4 is 58.0 Å². The van der Waals surface area contributed by atoms with Crippen molar-refractivity contribution in [2.24, 2.45) is 5.92 Å². The van der Waals surface area contributed by atoms with Gasteiger partial charge in [-0.05, 0) is 57.7 Å². The van der Waals surface area contributed by atoms with Gasteiger partial charge < -0.3 is 16.0 Å². The van der Waals surface area contributed by atoms with E-state index in [-0.39, 0.29) is 41.9 Å². The Morgan fingerprint density at radius 3 is 2.47 bits per heavy atom. The van der Waals surface area contributed by atoms with Gasteiger partial charge in [0.15, 0.2) is 11.5 Å². The maximum Gasteiger partial charge on any atom is 0.269 e. The zero-order chi connectivity index (χ0) is 26.3. The van der Waals surface area contributed by atoms with Gasteiger partial charge >= 0.3 is 0 Å². The number of nitrogens with one attached hydrogen (secondary N) is 3. The molecule has 3 N–H and O–H groups in total. The fourth-order valence-corrected chi connectivity index (χ4v) is 5.37. The largest absolute Gasteiger partial charge is 0.367 e. The summed E-state index contributed by atoms with van der Waals surface area (Å²) < 4.78 is 29.6. The molecule has 5 rings (SSSR count). The van der Waals surface area contributed by atoms with Gasteiger partial charge in [0, 0.05) is 19.3 Å². The number of anilines is 3. The van der Waals surface area contributed by atoms with Crippen molar-refractivity contribution in [3.63, 3.8) is 0 Å². The zero-order valence-electron chi connectivity index (χ0n) is 21.5. The van der Waals surface area contributed by atoms with E-state index >= 15 is 0 Å². The van der Waals surface area contributed by atoms with E-state index in [9.17, 15) is 13.2 Å². The van der Waals surface area contributed by atoms with Crippen molar-refractivity contribution in [2.75, 3.05) is 17.7 Å². The summed E-state index contributed by atoms with van der Waals surface area (Å²) in [6, 6.07) is 7.98. The number of carbonyl (C=O) groups is 1. The summed E-state index contributed by atoms with van der Waals surface area (Å²) in [5.74, 6) is 1.32. The van der Waals surface area contributed by atoms with Crippen molar-refractivity contribution in [1.82, 2.24) is 34.3 Å². The lowest BCUT2D eigenvalue weighted by atomic mass is 10.2. The fourth-order valence-electron chi connectivity index (χ4n) is 4.07. The highest BCUT2D eigenvalue weighted by Crippen LogP contribution is 2.35. The molecule has 1 saturated carbocycles. The van der Waals surface area contributed by atoms with E-state index in [2.05, 4.69) is 43.2 Å². The van der Waals surface area contributed by atoms with Crippen LogP contribution in [0, 0.1) is 12.8 Å². The number of benzene rings is 1. The van der Waals surface area contributed by atoms with Gasteiger partial charge in [-0.15, -0.1) is 5.10 Å². The molecule has 1 aliphatic carbocycles. The predicted molar refractivity (Wildman–Crippen MR) is 150 cm³/mol. The second-order valence-electron chi connectivity index (χ2n) is 9.33. The Morgan fingerprint density at radius 2 is 1.82 bits per heavy atom. The molecule has 1 aromatic carbocycles. The molecule has 1 aliphatic rings. The quantitative estimate of drug-likeness (QED) is 0.282. The number of hydrogen-bond acceptors (Lipinski definition) is 9. The molecule has 0 spiro atoms. The van der Waals surface area contributed by atoms with Gasteiger partial charge in [0.1, 0.15) is 11.9 Å². The van der Waals surface area contributed by atoms with E-state index in [1.54, 1.807) is 50.5 Å². The highest BCUT2D eigenvalue weighted by Gasteiger charge is 2.29. The maximum atomic E-state index is 13.5. The van der Waals surface area contributed by atoms with E-state index < -0.39 is 16.1 Å². The van der Waals surface area contributed by atoms with Crippen molar-refractivity contribution in [1.29, 1.82) is 0 Å². The number of fused-ring (bicyclic) bond motifs is 1. The molecule has 1 fully saturated rings. The third-order valence-electron chi connectivity index (χ3n) is 6.55. The third-order valence-corrected chi connectivity index (χ3v) is 8.24. The molecule has 1 unspecified atom stereocenters. The summed E-state index contributed by atoms with van der Waals surface area (Å²) in [6.45, 7) is 5.69. The molecule has 3 heterocycles. The summed E-state index contributed by atoms with van der Waals surface area (Å²) in [4.78, 5) is 21.3. The minimum absolute atomic E-state index is 0. The van der Waals surface area contributed by atoms with Crippen molar-refractivity contribution in [2.45, 2.75) is 50.6 Å². The van der Waals surface area contributed by atoms with E-state index in [0.717, 1.165) is 22.4 Å². The standard InChI is InChI=1S/C24H29N9O3S.H2S/c1-14-5-9-18(10-6-14)37(35,36)33-12-11-19-21(26-15(2)17-7-8-17)28-24(29-22(19)33)27-20-13-32(31-30-20)16(3)23(34)25-4;/h5-6,9-13,15-17H,7-8H2,1-4H3,(H,25,34)(H2,26,27,28,29);1H2/t15-,16?;/m0./s1. The first-order chi connectivity index (χ1) is 17.7. The summed E-state index contributed by atoms with van der Waals surface area (Å²) >= 11 is 0. The summed E-state index contributed by atoms with van der Waals surface area (Å²) in [5, 5.41) is 17.7. The lowest BCUT2D eigenvalue weighted by Gasteiger charge is -2.16. The molecular weight excluding hydrogens is 526 g/mol. The number of hydrogen-bond donors (Lipinski definition) is 3. The van der Waals surface area contributed by atoms with Crippen LogP contribution in [-0.2, 0) is 14.8 Å². The maximum absolute atomic E-state index is 13.5. The Morgan fingerprint density at radius 1 is 1.11 bits per heavy atom. The van der Waals surface area contributed by atoms with Crippen LogP contribution >= 0.6 is 13.5 Å². The van der Waals surface area contributed by atoms with Gasteiger partial charge in [0.25, 0.3) is 10.0 Å². The molecular formula is C24H31N9O3S2. The molecule has 0 radical (unpaired) electrons. The molecule has 4 aromatic rings.